The topological polar surface area (TPSA) is 162 Å². The summed E-state index contributed by atoms with van der Waals surface area (Å²) in [6.45, 7) is 1.22. The Morgan fingerprint density at radius 3 is 1.95 bits per heavy atom. The molecule has 1 aliphatic carbocycles. The lowest BCUT2D eigenvalue weighted by molar-refractivity contribution is -0.138. The maximum absolute atomic E-state index is 9.99. The monoisotopic (exact) mass is 324 g/mol. The second kappa shape index (κ2) is 8.51. The first-order valence-corrected chi connectivity index (χ1v) is 7.61. The fourth-order valence-corrected chi connectivity index (χ4v) is 3.07. The molecule has 0 amide bonds. The van der Waals surface area contributed by atoms with Gasteiger partial charge in [-0.15, -0.1) is 0 Å². The van der Waals surface area contributed by atoms with Crippen LogP contribution in [0.3, 0.4) is 0 Å². The summed E-state index contributed by atoms with van der Waals surface area (Å²) < 4.78 is 0. The van der Waals surface area contributed by atoms with Gasteiger partial charge in [0.2, 0.25) is 0 Å². The van der Waals surface area contributed by atoms with Crippen LogP contribution in [0.15, 0.2) is 0 Å². The van der Waals surface area contributed by atoms with Crippen LogP contribution in [0.25, 0.3) is 0 Å². The number of aliphatic hydroxyl groups is 8. The molecule has 0 bridgehead atoms. The zero-order valence-electron chi connectivity index (χ0n) is 12.6. The third kappa shape index (κ3) is 4.36. The molecule has 8 nitrogen and oxygen atoms in total. The van der Waals surface area contributed by atoms with Crippen LogP contribution in [0.5, 0.6) is 0 Å². The lowest BCUT2D eigenvalue weighted by atomic mass is 9.87. The standard InChI is InChI=1S/C14H28O8/c1-2-8(16)12(20)14(22)13(21)10(18)4-6-3-9(17)11(19)7(6)5-15/h6-22H,2-5H2,1H3/t6?,7-,8+,9+,10+,11+,12+,13+,14+/m0/s1. The zero-order valence-corrected chi connectivity index (χ0v) is 12.6. The predicted molar refractivity (Wildman–Crippen MR) is 75.6 cm³/mol. The molecule has 0 aromatic carbocycles. The molecular weight excluding hydrogens is 296 g/mol. The normalized spacial score (nSPS) is 35.9. The molecule has 0 aromatic rings. The highest BCUT2D eigenvalue weighted by atomic mass is 16.4. The van der Waals surface area contributed by atoms with Crippen molar-refractivity contribution in [1.82, 2.24) is 0 Å². The Morgan fingerprint density at radius 2 is 1.45 bits per heavy atom. The average molecular weight is 324 g/mol. The smallest absolute Gasteiger partial charge is 0.111 e. The van der Waals surface area contributed by atoms with Gasteiger partial charge in [0.1, 0.15) is 18.3 Å². The molecule has 1 rings (SSSR count). The largest absolute Gasteiger partial charge is 0.396 e. The third-order valence-electron chi connectivity index (χ3n) is 4.64. The SMILES string of the molecule is CC[C@@H](O)[C@@H](O)[C@@H](O)[C@H](O)[C@H](O)CC1C[C@@H](O)[C@H](O)[C@H]1CO. The molecule has 1 aliphatic rings. The van der Waals surface area contributed by atoms with Crippen LogP contribution in [0.4, 0.5) is 0 Å². The van der Waals surface area contributed by atoms with Crippen LogP contribution in [0.2, 0.25) is 0 Å². The molecule has 0 saturated heterocycles. The third-order valence-corrected chi connectivity index (χ3v) is 4.64. The van der Waals surface area contributed by atoms with Crippen molar-refractivity contribution >= 4 is 0 Å². The van der Waals surface area contributed by atoms with Crippen molar-refractivity contribution in [2.75, 3.05) is 6.61 Å². The lowest BCUT2D eigenvalue weighted by Crippen LogP contribution is -2.49. The minimum Gasteiger partial charge on any atom is -0.396 e. The molecule has 1 fully saturated rings. The van der Waals surface area contributed by atoms with Gasteiger partial charge in [0.25, 0.3) is 0 Å². The van der Waals surface area contributed by atoms with E-state index in [0.717, 1.165) is 0 Å². The van der Waals surface area contributed by atoms with Gasteiger partial charge in [-0.3, -0.25) is 0 Å². The lowest BCUT2D eigenvalue weighted by Gasteiger charge is -2.30. The van der Waals surface area contributed by atoms with Gasteiger partial charge in [-0.05, 0) is 25.2 Å². The van der Waals surface area contributed by atoms with Crippen molar-refractivity contribution in [1.29, 1.82) is 0 Å². The molecule has 132 valence electrons. The van der Waals surface area contributed by atoms with E-state index in [-0.39, 0.29) is 25.9 Å². The Bertz CT molecular complexity index is 328. The molecule has 0 aromatic heterocycles. The van der Waals surface area contributed by atoms with Gasteiger partial charge in [-0.25, -0.2) is 0 Å². The summed E-state index contributed by atoms with van der Waals surface area (Å²) in [5.41, 5.74) is 0. The number of hydrogen-bond donors (Lipinski definition) is 8. The highest BCUT2D eigenvalue weighted by Crippen LogP contribution is 2.36. The van der Waals surface area contributed by atoms with Gasteiger partial charge in [0.15, 0.2) is 0 Å². The van der Waals surface area contributed by atoms with Gasteiger partial charge in [0.05, 0.1) is 24.4 Å². The second-order valence-electron chi connectivity index (χ2n) is 6.15. The minimum absolute atomic E-state index is 0.0630. The van der Waals surface area contributed by atoms with Crippen LogP contribution in [0.1, 0.15) is 26.2 Å². The highest BCUT2D eigenvalue weighted by Gasteiger charge is 2.43. The van der Waals surface area contributed by atoms with E-state index in [4.69, 9.17) is 0 Å². The van der Waals surface area contributed by atoms with Gasteiger partial charge < -0.3 is 40.9 Å². The van der Waals surface area contributed by atoms with E-state index in [1.807, 2.05) is 0 Å². The first kappa shape index (κ1) is 19.7. The summed E-state index contributed by atoms with van der Waals surface area (Å²) in [6, 6.07) is 0. The summed E-state index contributed by atoms with van der Waals surface area (Å²) in [6.07, 6.45) is -9.50. The van der Waals surface area contributed by atoms with Crippen molar-refractivity contribution < 1.29 is 40.9 Å². The molecule has 1 unspecified atom stereocenters. The Kier molecular flexibility index (Phi) is 7.63. The number of hydrogen-bond acceptors (Lipinski definition) is 8. The van der Waals surface area contributed by atoms with Gasteiger partial charge >= 0.3 is 0 Å². The molecule has 8 N–H and O–H groups in total. The van der Waals surface area contributed by atoms with E-state index in [0.29, 0.717) is 0 Å². The summed E-state index contributed by atoms with van der Waals surface area (Å²) in [4.78, 5) is 0. The molecule has 8 heteroatoms. The minimum atomic E-state index is -1.73. The Morgan fingerprint density at radius 1 is 0.909 bits per heavy atom. The average Bonchev–Trinajstić information content (AvgIpc) is 2.77. The molecular formula is C14H28O8. The maximum atomic E-state index is 9.99. The highest BCUT2D eigenvalue weighted by molar-refractivity contribution is 4.93. The quantitative estimate of drug-likeness (QED) is 0.233. The van der Waals surface area contributed by atoms with Gasteiger partial charge in [-0.1, -0.05) is 6.92 Å². The maximum Gasteiger partial charge on any atom is 0.111 e. The van der Waals surface area contributed by atoms with Crippen LogP contribution in [-0.2, 0) is 0 Å². The molecule has 0 heterocycles. The van der Waals surface area contributed by atoms with Crippen LogP contribution < -0.4 is 0 Å². The van der Waals surface area contributed by atoms with E-state index in [2.05, 4.69) is 0 Å². The van der Waals surface area contributed by atoms with Gasteiger partial charge in [0, 0.05) is 12.5 Å². The molecule has 9 atom stereocenters. The molecule has 0 radical (unpaired) electrons. The Hall–Kier alpha value is -0.320. The van der Waals surface area contributed by atoms with E-state index >= 15 is 0 Å². The zero-order chi connectivity index (χ0) is 17.0. The van der Waals surface area contributed by atoms with E-state index in [9.17, 15) is 40.9 Å². The van der Waals surface area contributed by atoms with Crippen molar-refractivity contribution in [3.05, 3.63) is 0 Å². The number of rotatable bonds is 8. The van der Waals surface area contributed by atoms with Crippen LogP contribution >= 0.6 is 0 Å². The molecule has 0 spiro atoms. The molecule has 1 saturated carbocycles. The van der Waals surface area contributed by atoms with Crippen molar-refractivity contribution in [3.63, 3.8) is 0 Å². The van der Waals surface area contributed by atoms with E-state index in [1.54, 1.807) is 6.92 Å². The van der Waals surface area contributed by atoms with E-state index < -0.39 is 54.6 Å². The van der Waals surface area contributed by atoms with Crippen molar-refractivity contribution in [2.45, 2.75) is 68.9 Å². The summed E-state index contributed by atoms with van der Waals surface area (Å²) in [5.74, 6) is -1.06. The van der Waals surface area contributed by atoms with E-state index in [1.165, 1.54) is 0 Å². The fraction of sp³-hybridized carbons (Fsp3) is 1.00. The summed E-state index contributed by atoms with van der Waals surface area (Å²) >= 11 is 0. The fourth-order valence-electron chi connectivity index (χ4n) is 3.07. The summed E-state index contributed by atoms with van der Waals surface area (Å²) in [5, 5.41) is 77.3. The Balaban J connectivity index is 2.62. The van der Waals surface area contributed by atoms with Gasteiger partial charge in [-0.2, -0.15) is 0 Å². The predicted octanol–water partition coefficient (Wildman–Crippen LogP) is -3.06. The first-order chi connectivity index (χ1) is 10.2. The number of aliphatic hydroxyl groups excluding tert-OH is 8. The van der Waals surface area contributed by atoms with Crippen LogP contribution in [-0.4, -0.2) is 90.2 Å². The molecule has 22 heavy (non-hydrogen) atoms. The molecule has 0 aliphatic heterocycles. The second-order valence-corrected chi connectivity index (χ2v) is 6.15. The van der Waals surface area contributed by atoms with Crippen molar-refractivity contribution in [3.8, 4) is 0 Å². The van der Waals surface area contributed by atoms with Crippen molar-refractivity contribution in [2.24, 2.45) is 11.8 Å². The van der Waals surface area contributed by atoms with Crippen LogP contribution in [0, 0.1) is 11.8 Å². The first-order valence-electron chi connectivity index (χ1n) is 7.61. The Labute approximate surface area is 129 Å². The summed E-state index contributed by atoms with van der Waals surface area (Å²) in [7, 11) is 0.